The van der Waals surface area contributed by atoms with E-state index in [4.69, 9.17) is 0 Å². The van der Waals surface area contributed by atoms with E-state index in [-0.39, 0.29) is 5.56 Å². The summed E-state index contributed by atoms with van der Waals surface area (Å²) in [7, 11) is 3.83. The van der Waals surface area contributed by atoms with Gasteiger partial charge in [0.05, 0.1) is 21.8 Å². The number of anilines is 2. The van der Waals surface area contributed by atoms with E-state index >= 15 is 0 Å². The first-order chi connectivity index (χ1) is 13.9. The van der Waals surface area contributed by atoms with Gasteiger partial charge in [-0.25, -0.2) is 9.78 Å². The van der Waals surface area contributed by atoms with Crippen molar-refractivity contribution in [2.75, 3.05) is 23.2 Å². The van der Waals surface area contributed by atoms with E-state index in [9.17, 15) is 9.90 Å². The number of hydrogen-bond donors (Lipinski definition) is 2. The Labute approximate surface area is 178 Å². The number of carbonyl (C=O) groups is 1. The lowest BCUT2D eigenvalue weighted by atomic mass is 10.1. The molecule has 0 radical (unpaired) electrons. The number of aryl methyl sites for hydroxylation is 2. The second kappa shape index (κ2) is 9.32. The fourth-order valence-corrected chi connectivity index (χ4v) is 4.59. The van der Waals surface area contributed by atoms with Gasteiger partial charge in [0.2, 0.25) is 0 Å². The van der Waals surface area contributed by atoms with Gasteiger partial charge in [0.1, 0.15) is 11.4 Å². The predicted molar refractivity (Wildman–Crippen MR) is 119 cm³/mol. The molecule has 0 aromatic carbocycles. The highest BCUT2D eigenvalue weighted by atomic mass is 32.2. The Hall–Kier alpha value is -2.52. The van der Waals surface area contributed by atoms with Gasteiger partial charge in [-0.2, -0.15) is 5.10 Å². The maximum atomic E-state index is 11.8. The molecular weight excluding hydrogens is 406 g/mol. The van der Waals surface area contributed by atoms with Gasteiger partial charge in [0.15, 0.2) is 0 Å². The van der Waals surface area contributed by atoms with Gasteiger partial charge < -0.3 is 14.7 Å². The van der Waals surface area contributed by atoms with Gasteiger partial charge in [-0.05, 0) is 61.7 Å². The molecule has 3 heterocycles. The van der Waals surface area contributed by atoms with E-state index in [1.807, 2.05) is 48.1 Å². The first-order valence-corrected chi connectivity index (χ1v) is 11.0. The number of nitrogens with zero attached hydrogens (tertiary/aromatic N) is 4. The molecule has 0 saturated heterocycles. The number of nitrogens with one attached hydrogen (secondary N) is 1. The minimum atomic E-state index is -0.983. The van der Waals surface area contributed by atoms with Crippen molar-refractivity contribution in [3.05, 3.63) is 52.3 Å². The summed E-state index contributed by atoms with van der Waals surface area (Å²) < 4.78 is 6.16. The van der Waals surface area contributed by atoms with Crippen LogP contribution in [-0.4, -0.2) is 39.4 Å². The molecule has 3 aromatic rings. The maximum Gasteiger partial charge on any atom is 0.339 e. The van der Waals surface area contributed by atoms with Crippen LogP contribution in [0.2, 0.25) is 0 Å². The van der Waals surface area contributed by atoms with Crippen LogP contribution in [0.1, 0.15) is 33.7 Å². The first-order valence-electron chi connectivity index (χ1n) is 9.26. The minimum absolute atomic E-state index is 0.193. The van der Waals surface area contributed by atoms with Crippen LogP contribution >= 0.6 is 23.3 Å². The van der Waals surface area contributed by atoms with Crippen LogP contribution in [0.25, 0.3) is 0 Å². The second-order valence-electron chi connectivity index (χ2n) is 6.83. The standard InChI is InChI=1S/C20H25N5O2S2/c1-13-16(14(2)25(4)22-13)7-5-9-24(3)19-17(20(26)27)11-15(12-21-19)23-29-18-8-6-10-28-18/h6,8,10-12,23H,5,7,9H2,1-4H3,(H,26,27). The normalized spacial score (nSPS) is 10.9. The third-order valence-corrected chi connectivity index (χ3v) is 6.68. The average Bonchev–Trinajstić information content (AvgIpc) is 3.29. The summed E-state index contributed by atoms with van der Waals surface area (Å²) in [5.41, 5.74) is 4.35. The van der Waals surface area contributed by atoms with Crippen LogP contribution in [0.15, 0.2) is 34.0 Å². The summed E-state index contributed by atoms with van der Waals surface area (Å²) in [5, 5.41) is 16.1. The summed E-state index contributed by atoms with van der Waals surface area (Å²) in [6.45, 7) is 4.80. The van der Waals surface area contributed by atoms with Gasteiger partial charge in [0.25, 0.3) is 0 Å². The molecule has 0 spiro atoms. The molecule has 0 unspecified atom stereocenters. The number of carboxylic acids is 1. The summed E-state index contributed by atoms with van der Waals surface area (Å²) in [6.07, 6.45) is 3.46. The van der Waals surface area contributed by atoms with Crippen molar-refractivity contribution < 1.29 is 9.90 Å². The highest BCUT2D eigenvalue weighted by Gasteiger charge is 2.17. The van der Waals surface area contributed by atoms with E-state index in [2.05, 4.69) is 21.7 Å². The second-order valence-corrected chi connectivity index (χ2v) is 8.89. The molecular formula is C20H25N5O2S2. The van der Waals surface area contributed by atoms with Gasteiger partial charge in [-0.1, -0.05) is 6.07 Å². The van der Waals surface area contributed by atoms with E-state index in [1.54, 1.807) is 23.6 Å². The highest BCUT2D eigenvalue weighted by molar-refractivity contribution is 8.02. The molecule has 0 fully saturated rings. The SMILES string of the molecule is Cc1nn(C)c(C)c1CCCN(C)c1ncc(NSc2cccs2)cc1C(=O)O. The van der Waals surface area contributed by atoms with Crippen LogP contribution in [0.5, 0.6) is 0 Å². The number of aromatic carboxylic acids is 1. The van der Waals surface area contributed by atoms with Gasteiger partial charge in [-0.15, -0.1) is 11.3 Å². The van der Waals surface area contributed by atoms with Crippen LogP contribution in [0.3, 0.4) is 0 Å². The monoisotopic (exact) mass is 431 g/mol. The topological polar surface area (TPSA) is 83.3 Å². The Kier molecular flexibility index (Phi) is 6.81. The summed E-state index contributed by atoms with van der Waals surface area (Å²) in [6, 6.07) is 5.61. The highest BCUT2D eigenvalue weighted by Crippen LogP contribution is 2.27. The zero-order valence-electron chi connectivity index (χ0n) is 17.0. The molecule has 9 heteroatoms. The van der Waals surface area contributed by atoms with E-state index in [1.165, 1.54) is 23.2 Å². The fraction of sp³-hybridized carbons (Fsp3) is 0.350. The molecule has 0 aliphatic heterocycles. The maximum absolute atomic E-state index is 11.8. The first kappa shape index (κ1) is 21.2. The molecule has 0 saturated carbocycles. The number of aromatic nitrogens is 3. The van der Waals surface area contributed by atoms with E-state index < -0.39 is 5.97 Å². The Morgan fingerprint density at radius 3 is 2.83 bits per heavy atom. The van der Waals surface area contributed by atoms with E-state index in [0.717, 1.165) is 22.7 Å². The predicted octanol–water partition coefficient (Wildman–Crippen LogP) is 4.38. The molecule has 0 amide bonds. The number of thiophene rings is 1. The molecule has 154 valence electrons. The Balaban J connectivity index is 1.65. The van der Waals surface area contributed by atoms with Crippen molar-refractivity contribution in [3.63, 3.8) is 0 Å². The summed E-state index contributed by atoms with van der Waals surface area (Å²) in [4.78, 5) is 18.1. The van der Waals surface area contributed by atoms with E-state index in [0.29, 0.717) is 18.1 Å². The van der Waals surface area contributed by atoms with Crippen molar-refractivity contribution in [2.45, 2.75) is 30.9 Å². The fourth-order valence-electron chi connectivity index (χ4n) is 3.18. The number of rotatable bonds is 9. The molecule has 3 rings (SSSR count). The summed E-state index contributed by atoms with van der Waals surface area (Å²) >= 11 is 3.07. The molecule has 29 heavy (non-hydrogen) atoms. The average molecular weight is 432 g/mol. The number of carboxylic acid groups (broad SMARTS) is 1. The zero-order valence-corrected chi connectivity index (χ0v) is 18.6. The van der Waals surface area contributed by atoms with Crippen molar-refractivity contribution in [2.24, 2.45) is 7.05 Å². The lowest BCUT2D eigenvalue weighted by Gasteiger charge is -2.20. The third kappa shape index (κ3) is 5.10. The van der Waals surface area contributed by atoms with Crippen molar-refractivity contribution >= 4 is 40.8 Å². The Morgan fingerprint density at radius 2 is 2.21 bits per heavy atom. The molecule has 0 atom stereocenters. The molecule has 7 nitrogen and oxygen atoms in total. The summed E-state index contributed by atoms with van der Waals surface area (Å²) in [5.74, 6) is -0.508. The lowest BCUT2D eigenvalue weighted by molar-refractivity contribution is 0.0697. The van der Waals surface area contributed by atoms with Crippen molar-refractivity contribution in [3.8, 4) is 0 Å². The lowest BCUT2D eigenvalue weighted by Crippen LogP contribution is -2.23. The number of hydrogen-bond acceptors (Lipinski definition) is 7. The van der Waals surface area contributed by atoms with Gasteiger partial charge >= 0.3 is 5.97 Å². The molecule has 0 aliphatic carbocycles. The number of pyridine rings is 1. The molecule has 2 N–H and O–H groups in total. The third-order valence-electron chi connectivity index (χ3n) is 4.80. The molecule has 0 aliphatic rings. The Bertz CT molecular complexity index is 985. The quantitative estimate of drug-likeness (QED) is 0.487. The van der Waals surface area contributed by atoms with Crippen LogP contribution in [0, 0.1) is 13.8 Å². The molecule has 3 aromatic heterocycles. The van der Waals surface area contributed by atoms with Gasteiger partial charge in [0, 0.05) is 26.3 Å². The molecule has 0 bridgehead atoms. The largest absolute Gasteiger partial charge is 0.478 e. The van der Waals surface area contributed by atoms with Crippen molar-refractivity contribution in [1.29, 1.82) is 0 Å². The van der Waals surface area contributed by atoms with Gasteiger partial charge in [-0.3, -0.25) is 4.68 Å². The van der Waals surface area contributed by atoms with Crippen LogP contribution in [-0.2, 0) is 13.5 Å². The van der Waals surface area contributed by atoms with Crippen LogP contribution < -0.4 is 9.62 Å². The van der Waals surface area contributed by atoms with Crippen molar-refractivity contribution in [1.82, 2.24) is 14.8 Å². The smallest absolute Gasteiger partial charge is 0.339 e. The van der Waals surface area contributed by atoms with Crippen LogP contribution in [0.4, 0.5) is 11.5 Å². The zero-order chi connectivity index (χ0) is 21.0. The Morgan fingerprint density at radius 1 is 1.41 bits per heavy atom. The minimum Gasteiger partial charge on any atom is -0.478 e.